The maximum Gasteiger partial charge on any atom is 0.524 e. The zero-order chi connectivity index (χ0) is 55.1. The van der Waals surface area contributed by atoms with Crippen LogP contribution in [0.25, 0.3) is 0 Å². The fraction of sp³-hybridized carbons (Fsp3) is 0.486. The molecule has 0 saturated heterocycles. The van der Waals surface area contributed by atoms with Crippen LogP contribution in [0.15, 0.2) is 40.8 Å². The van der Waals surface area contributed by atoms with E-state index in [2.05, 4.69) is 15.0 Å². The van der Waals surface area contributed by atoms with Gasteiger partial charge in [-0.2, -0.15) is 64.8 Å². The molecule has 70 heavy (non-hydrogen) atoms. The predicted molar refractivity (Wildman–Crippen MR) is 223 cm³/mol. The van der Waals surface area contributed by atoms with Gasteiger partial charge in [-0.3, -0.25) is 36.3 Å². The van der Waals surface area contributed by atoms with Crippen LogP contribution in [-0.4, -0.2) is 117 Å². The zero-order valence-electron chi connectivity index (χ0n) is 37.9. The predicted octanol–water partition coefficient (Wildman–Crippen LogP) is 4.62. The Labute approximate surface area is 393 Å². The van der Waals surface area contributed by atoms with Crippen LogP contribution in [-0.2, 0) is 65.8 Å². The third-order valence-corrected chi connectivity index (χ3v) is 10.2. The van der Waals surface area contributed by atoms with Gasteiger partial charge in [0.25, 0.3) is 0 Å². The lowest BCUT2D eigenvalue weighted by Gasteiger charge is -2.20. The number of sulfonamides is 1. The molecule has 2 aromatic rings. The van der Waals surface area contributed by atoms with Gasteiger partial charge in [-0.05, 0) is 76.9 Å². The lowest BCUT2D eigenvalue weighted by atomic mass is 10.1. The quantitative estimate of drug-likeness (QED) is 0.0887. The standard InChI is InChI=1S/C17H22F3N3O7S.C16H23N3O5.C2F6O5S2/c1-16(2,3)30-15(25)22-14(23-31(26,27)17(18,19)20)21-13(24)9-10-6-7-11(28-4)12(8-10)29-5;1-16(2,3)24-15(21)19-14(17)18-13(20)9-10-6-7-11(22-4)12(8-10)23-5;3-1(4,5)14(9,10)13-15(11,12)2(6,7)8/h6-8H,9H2,1-5H3,(H2,21,22,23,24,25);6-8H,9H2,1-5H3,(H3,17,18,19,20,21);. The van der Waals surface area contributed by atoms with Crippen LogP contribution in [0.1, 0.15) is 52.7 Å². The number of methoxy groups -OCH3 is 4. The van der Waals surface area contributed by atoms with Gasteiger partial charge in [0.1, 0.15) is 11.2 Å². The molecule has 0 radical (unpaired) electrons. The third-order valence-electron chi connectivity index (χ3n) is 6.64. The number of ether oxygens (including phenoxy) is 6. The first kappa shape index (κ1) is 63.6. The molecule has 5 N–H and O–H groups in total. The van der Waals surface area contributed by atoms with Crippen LogP contribution in [0.2, 0.25) is 0 Å². The van der Waals surface area contributed by atoms with E-state index in [1.807, 2.05) is 8.95 Å². The molecule has 4 amide bonds. The van der Waals surface area contributed by atoms with E-state index in [1.165, 1.54) is 67.4 Å². The fourth-order valence-electron chi connectivity index (χ4n) is 3.99. The molecule has 23 nitrogen and oxygen atoms in total. The van der Waals surface area contributed by atoms with Crippen molar-refractivity contribution in [3.05, 3.63) is 47.5 Å². The molecule has 2 aromatic carbocycles. The molecule has 0 unspecified atom stereocenters. The summed E-state index contributed by atoms with van der Waals surface area (Å²) in [6, 6.07) is 9.47. The number of amides is 4. The van der Waals surface area contributed by atoms with Crippen LogP contribution < -0.4 is 40.2 Å². The lowest BCUT2D eigenvalue weighted by Crippen LogP contribution is -2.47. The number of nitrogens with zero attached hydrogens (tertiary/aromatic N) is 1. The molecule has 0 aliphatic heterocycles. The highest BCUT2D eigenvalue weighted by atomic mass is 32.3. The first-order valence-corrected chi connectivity index (χ1v) is 22.5. The minimum absolute atomic E-state index is 0.0126. The summed E-state index contributed by atoms with van der Waals surface area (Å²) in [6.45, 7) is 9.49. The Morgan fingerprint density at radius 3 is 1.19 bits per heavy atom. The van der Waals surface area contributed by atoms with E-state index < -0.39 is 100 Å². The average molecular weight is 1090 g/mol. The molecule has 0 saturated carbocycles. The molecular formula is C35H45F9N6O17S3. The maximum absolute atomic E-state index is 12.7. The Morgan fingerprint density at radius 1 is 0.529 bits per heavy atom. The number of hydrogen-bond donors (Lipinski definition) is 5. The van der Waals surface area contributed by atoms with Gasteiger partial charge in [-0.15, -0.1) is 8.03 Å². The number of benzene rings is 2. The molecule has 0 spiro atoms. The summed E-state index contributed by atoms with van der Waals surface area (Å²) in [6.07, 6.45) is -2.53. The number of alkyl carbamates (subject to hydrolysis) is 2. The van der Waals surface area contributed by atoms with Crippen LogP contribution in [0.3, 0.4) is 0 Å². The second kappa shape index (κ2) is 25.0. The highest BCUT2D eigenvalue weighted by molar-refractivity contribution is 8.00. The molecule has 0 atom stereocenters. The second-order valence-electron chi connectivity index (χ2n) is 14.7. The van der Waals surface area contributed by atoms with Gasteiger partial charge in [0.05, 0.1) is 41.3 Å². The number of rotatable bonds is 11. The van der Waals surface area contributed by atoms with E-state index >= 15 is 0 Å². The van der Waals surface area contributed by atoms with E-state index in [9.17, 15) is 83.9 Å². The molecule has 0 aromatic heterocycles. The molecule has 0 aliphatic carbocycles. The lowest BCUT2D eigenvalue weighted by molar-refractivity contribution is -0.120. The highest BCUT2D eigenvalue weighted by Crippen LogP contribution is 2.33. The van der Waals surface area contributed by atoms with Crippen molar-refractivity contribution >= 4 is 66.2 Å². The Bertz CT molecular complexity index is 2520. The monoisotopic (exact) mass is 1090 g/mol. The zero-order valence-corrected chi connectivity index (χ0v) is 40.3. The van der Waals surface area contributed by atoms with E-state index in [4.69, 9.17) is 33.8 Å². The van der Waals surface area contributed by atoms with E-state index in [0.29, 0.717) is 28.4 Å². The van der Waals surface area contributed by atoms with E-state index in [1.54, 1.807) is 44.3 Å². The summed E-state index contributed by atoms with van der Waals surface area (Å²) in [5.74, 6) is -1.43. The molecule has 0 fully saturated rings. The Hall–Kier alpha value is -6.36. The molecule has 0 bridgehead atoms. The maximum atomic E-state index is 12.7. The van der Waals surface area contributed by atoms with Crippen molar-refractivity contribution in [1.29, 1.82) is 5.41 Å². The van der Waals surface area contributed by atoms with Crippen molar-refractivity contribution in [1.82, 2.24) is 21.3 Å². The second-order valence-corrected chi connectivity index (χ2v) is 19.6. The first-order valence-electron chi connectivity index (χ1n) is 18.3. The number of nitrogens with one attached hydrogen (secondary N) is 5. The SMILES string of the molecule is COc1ccc(CC(=O)NC(=N)NC(=O)OC(C)(C)C)cc1OC.COc1ccc(CC(=O)NC(=NS(=O)(=O)C(F)(F)F)NC(=O)OC(C)(C)C)cc1OC.O=S(=O)(OS(=O)(=O)C(F)(F)F)C(F)(F)F. The minimum Gasteiger partial charge on any atom is -0.493 e. The number of hydrogen-bond acceptors (Lipinski definition) is 18. The van der Waals surface area contributed by atoms with Gasteiger partial charge >= 0.3 is 59.0 Å². The van der Waals surface area contributed by atoms with Crippen LogP contribution in [0.5, 0.6) is 23.0 Å². The highest BCUT2D eigenvalue weighted by Gasteiger charge is 2.57. The van der Waals surface area contributed by atoms with Crippen LogP contribution in [0, 0.1) is 5.41 Å². The Kier molecular flexibility index (Phi) is 22.7. The average Bonchev–Trinajstić information content (AvgIpc) is 3.14. The summed E-state index contributed by atoms with van der Waals surface area (Å²) in [5.41, 5.74) is -19.0. The van der Waals surface area contributed by atoms with E-state index in [-0.39, 0.29) is 12.2 Å². The molecule has 35 heteroatoms. The number of guanidine groups is 2. The van der Waals surface area contributed by atoms with Gasteiger partial charge in [-0.25, -0.2) is 9.59 Å². The summed E-state index contributed by atoms with van der Waals surface area (Å²) in [5, 5.41) is 15.5. The summed E-state index contributed by atoms with van der Waals surface area (Å²) < 4.78 is 203. The molecule has 2 rings (SSSR count). The van der Waals surface area contributed by atoms with Gasteiger partial charge in [0, 0.05) is 0 Å². The number of halogens is 9. The van der Waals surface area contributed by atoms with E-state index in [0.717, 1.165) is 0 Å². The van der Waals surface area contributed by atoms with Gasteiger partial charge in [0.15, 0.2) is 23.0 Å². The minimum atomic E-state index is -6.85. The number of carbonyl (C=O) groups excluding carboxylic acids is 4. The van der Waals surface area contributed by atoms with Crippen LogP contribution >= 0.6 is 0 Å². The summed E-state index contributed by atoms with van der Waals surface area (Å²) >= 11 is 0. The molecule has 0 aliphatic rings. The smallest absolute Gasteiger partial charge is 0.493 e. The summed E-state index contributed by atoms with van der Waals surface area (Å²) in [4.78, 5) is 47.5. The Morgan fingerprint density at radius 2 is 0.871 bits per heavy atom. The van der Waals surface area contributed by atoms with Crippen molar-refractivity contribution in [2.75, 3.05) is 28.4 Å². The fourth-order valence-corrected chi connectivity index (χ4v) is 5.99. The van der Waals surface area contributed by atoms with Crippen molar-refractivity contribution in [3.8, 4) is 23.0 Å². The van der Waals surface area contributed by atoms with Crippen molar-refractivity contribution in [2.24, 2.45) is 4.40 Å². The topological polar surface area (TPSA) is 320 Å². The normalized spacial score (nSPS) is 12.5. The van der Waals surface area contributed by atoms with Gasteiger partial charge in [-0.1, -0.05) is 12.1 Å². The van der Waals surface area contributed by atoms with Crippen molar-refractivity contribution in [3.63, 3.8) is 0 Å². The van der Waals surface area contributed by atoms with Crippen molar-refractivity contribution in [2.45, 2.75) is 82.1 Å². The molecule has 0 heterocycles. The third kappa shape index (κ3) is 22.8. The van der Waals surface area contributed by atoms with Crippen molar-refractivity contribution < 1.29 is 116 Å². The number of alkyl halides is 9. The summed E-state index contributed by atoms with van der Waals surface area (Å²) in [7, 11) is -14.0. The largest absolute Gasteiger partial charge is 0.524 e. The molecular weight excluding hydrogens is 1040 g/mol. The first-order chi connectivity index (χ1) is 31.4. The van der Waals surface area contributed by atoms with Gasteiger partial charge in [0.2, 0.25) is 23.7 Å². The number of carbonyl (C=O) groups is 4. The Balaban J connectivity index is 0.00000108. The molecule has 398 valence electrons. The van der Waals surface area contributed by atoms with Gasteiger partial charge < -0.3 is 28.4 Å². The van der Waals surface area contributed by atoms with Crippen LogP contribution in [0.4, 0.5) is 49.1 Å².